The highest BCUT2D eigenvalue weighted by Gasteiger charge is 2.14. The first-order valence-electron chi connectivity index (χ1n) is 7.41. The predicted molar refractivity (Wildman–Crippen MR) is 99.6 cm³/mol. The average Bonchev–Trinajstić information content (AvgIpc) is 2.52. The molecule has 0 atom stereocenters. The largest absolute Gasteiger partial charge is 0.355 e. The number of sulfone groups is 1. The van der Waals surface area contributed by atoms with Crippen molar-refractivity contribution in [2.75, 3.05) is 32.9 Å². The molecule has 1 N–H and O–H groups in total. The van der Waals surface area contributed by atoms with Gasteiger partial charge in [-0.25, -0.2) is 8.42 Å². The van der Waals surface area contributed by atoms with Crippen LogP contribution in [-0.2, 0) is 9.84 Å². The van der Waals surface area contributed by atoms with Crippen molar-refractivity contribution in [2.24, 2.45) is 4.99 Å². The lowest BCUT2D eigenvalue weighted by atomic mass is 10.3. The number of nitrogens with zero attached hydrogens (tertiary/aromatic N) is 2. The van der Waals surface area contributed by atoms with Gasteiger partial charge in [-0.2, -0.15) is 0 Å². The number of allylic oxidation sites excluding steroid dienone is 1. The highest BCUT2D eigenvalue weighted by Crippen LogP contribution is 2.15. The molecule has 0 aliphatic carbocycles. The van der Waals surface area contributed by atoms with E-state index in [-0.39, 0.29) is 5.75 Å². The Kier molecular flexibility index (Phi) is 8.33. The number of halogens is 1. The van der Waals surface area contributed by atoms with Crippen LogP contribution in [0.2, 0.25) is 0 Å². The van der Waals surface area contributed by atoms with Crippen molar-refractivity contribution in [2.45, 2.75) is 17.7 Å². The van der Waals surface area contributed by atoms with E-state index in [1.807, 2.05) is 18.0 Å². The fourth-order valence-electron chi connectivity index (χ4n) is 2.02. The van der Waals surface area contributed by atoms with Crippen LogP contribution in [0.5, 0.6) is 0 Å². The maximum absolute atomic E-state index is 12.3. The molecule has 0 radical (unpaired) electrons. The molecular weight excluding hydrogens is 378 g/mol. The lowest BCUT2D eigenvalue weighted by Gasteiger charge is -2.21. The average molecular weight is 402 g/mol. The third kappa shape index (κ3) is 6.74. The van der Waals surface area contributed by atoms with E-state index >= 15 is 0 Å². The van der Waals surface area contributed by atoms with Gasteiger partial charge < -0.3 is 10.2 Å². The second kappa shape index (κ2) is 9.72. The maximum Gasteiger partial charge on any atom is 0.193 e. The molecule has 0 heterocycles. The summed E-state index contributed by atoms with van der Waals surface area (Å²) in [5.41, 5.74) is 0. The van der Waals surface area contributed by atoms with E-state index in [2.05, 4.69) is 32.8 Å². The Labute approximate surface area is 147 Å². The third-order valence-corrected chi connectivity index (χ3v) is 5.56. The Balaban J connectivity index is 2.53. The summed E-state index contributed by atoms with van der Waals surface area (Å²) in [5.74, 6) is 0.716. The number of aliphatic imine (C=N–C) groups is 1. The van der Waals surface area contributed by atoms with Crippen molar-refractivity contribution >= 4 is 31.7 Å². The van der Waals surface area contributed by atoms with Gasteiger partial charge in [0, 0.05) is 31.7 Å². The molecule has 1 aromatic rings. The molecule has 0 spiro atoms. The van der Waals surface area contributed by atoms with E-state index in [1.54, 1.807) is 31.3 Å². The van der Waals surface area contributed by atoms with Crippen LogP contribution in [0, 0.1) is 0 Å². The highest BCUT2D eigenvalue weighted by molar-refractivity contribution is 9.10. The molecule has 128 valence electrons. The fraction of sp³-hybridized carbons (Fsp3) is 0.438. The van der Waals surface area contributed by atoms with Crippen LogP contribution >= 0.6 is 15.9 Å². The Morgan fingerprint density at radius 3 is 2.61 bits per heavy atom. The summed E-state index contributed by atoms with van der Waals surface area (Å²) in [6.45, 7) is 4.85. The molecule has 7 heteroatoms. The second-order valence-electron chi connectivity index (χ2n) is 5.10. The minimum atomic E-state index is -3.30. The number of unbranched alkanes of at least 4 members (excludes halogenated alkanes) is 1. The molecule has 5 nitrogen and oxygen atoms in total. The molecule has 0 aliphatic heterocycles. The SMILES string of the molecule is C=CCCCN(C)C(=NC)NCCS(=O)(=O)c1ccc(Br)cc1. The Morgan fingerprint density at radius 2 is 2.04 bits per heavy atom. The van der Waals surface area contributed by atoms with E-state index in [4.69, 9.17) is 0 Å². The maximum atomic E-state index is 12.3. The van der Waals surface area contributed by atoms with Gasteiger partial charge in [0.1, 0.15) is 0 Å². The van der Waals surface area contributed by atoms with Gasteiger partial charge in [0.25, 0.3) is 0 Å². The number of hydrogen-bond acceptors (Lipinski definition) is 3. The Bertz CT molecular complexity index is 627. The van der Waals surface area contributed by atoms with Gasteiger partial charge in [-0.15, -0.1) is 6.58 Å². The van der Waals surface area contributed by atoms with E-state index in [0.717, 1.165) is 23.9 Å². The third-order valence-electron chi connectivity index (χ3n) is 3.30. The molecule has 0 fully saturated rings. The van der Waals surface area contributed by atoms with Gasteiger partial charge in [0.05, 0.1) is 10.6 Å². The first-order chi connectivity index (χ1) is 10.9. The highest BCUT2D eigenvalue weighted by atomic mass is 79.9. The molecular formula is C16H24BrN3O2S. The Hall–Kier alpha value is -1.34. The van der Waals surface area contributed by atoms with Crippen molar-refractivity contribution in [1.82, 2.24) is 10.2 Å². The van der Waals surface area contributed by atoms with Crippen LogP contribution in [-0.4, -0.2) is 52.2 Å². The van der Waals surface area contributed by atoms with E-state index in [9.17, 15) is 8.42 Å². The predicted octanol–water partition coefficient (Wildman–Crippen LogP) is 2.70. The molecule has 0 amide bonds. The van der Waals surface area contributed by atoms with Crippen molar-refractivity contribution in [3.8, 4) is 0 Å². The monoisotopic (exact) mass is 401 g/mol. The van der Waals surface area contributed by atoms with E-state index in [1.165, 1.54) is 0 Å². The number of benzene rings is 1. The van der Waals surface area contributed by atoms with Gasteiger partial charge in [-0.1, -0.05) is 22.0 Å². The zero-order chi connectivity index (χ0) is 17.3. The van der Waals surface area contributed by atoms with Crippen molar-refractivity contribution in [1.29, 1.82) is 0 Å². The van der Waals surface area contributed by atoms with Crippen LogP contribution in [0.25, 0.3) is 0 Å². The quantitative estimate of drug-likeness (QED) is 0.314. The molecule has 0 saturated carbocycles. The lowest BCUT2D eigenvalue weighted by molar-refractivity contribution is 0.471. The normalized spacial score (nSPS) is 12.0. The fourth-order valence-corrected chi connectivity index (χ4v) is 3.44. The van der Waals surface area contributed by atoms with Gasteiger partial charge in [-0.3, -0.25) is 4.99 Å². The van der Waals surface area contributed by atoms with Gasteiger partial charge in [-0.05, 0) is 37.1 Å². The smallest absolute Gasteiger partial charge is 0.193 e. The summed E-state index contributed by atoms with van der Waals surface area (Å²) in [6, 6.07) is 6.67. The van der Waals surface area contributed by atoms with Crippen molar-refractivity contribution in [3.63, 3.8) is 0 Å². The molecule has 23 heavy (non-hydrogen) atoms. The summed E-state index contributed by atoms with van der Waals surface area (Å²) in [4.78, 5) is 6.49. The van der Waals surface area contributed by atoms with Crippen molar-refractivity contribution in [3.05, 3.63) is 41.4 Å². The summed E-state index contributed by atoms with van der Waals surface area (Å²) in [5, 5.41) is 3.10. The summed E-state index contributed by atoms with van der Waals surface area (Å²) >= 11 is 3.30. The Morgan fingerprint density at radius 1 is 1.39 bits per heavy atom. The van der Waals surface area contributed by atoms with Crippen LogP contribution < -0.4 is 5.32 Å². The zero-order valence-corrected chi connectivity index (χ0v) is 16.0. The number of guanidine groups is 1. The van der Waals surface area contributed by atoms with Crippen molar-refractivity contribution < 1.29 is 8.42 Å². The van der Waals surface area contributed by atoms with Crippen LogP contribution in [0.4, 0.5) is 0 Å². The summed E-state index contributed by atoms with van der Waals surface area (Å²) < 4.78 is 25.4. The number of nitrogens with one attached hydrogen (secondary N) is 1. The number of hydrogen-bond donors (Lipinski definition) is 1. The van der Waals surface area contributed by atoms with E-state index in [0.29, 0.717) is 17.4 Å². The van der Waals surface area contributed by atoms with Gasteiger partial charge in [0.2, 0.25) is 0 Å². The minimum absolute atomic E-state index is 0.0220. The molecule has 0 aliphatic rings. The molecule has 0 unspecified atom stereocenters. The van der Waals surface area contributed by atoms with Crippen LogP contribution in [0.1, 0.15) is 12.8 Å². The van der Waals surface area contributed by atoms with Gasteiger partial charge >= 0.3 is 0 Å². The van der Waals surface area contributed by atoms with Gasteiger partial charge in [0.15, 0.2) is 15.8 Å². The summed E-state index contributed by atoms with van der Waals surface area (Å²) in [7, 11) is 0.325. The minimum Gasteiger partial charge on any atom is -0.355 e. The van der Waals surface area contributed by atoms with Crippen LogP contribution in [0.15, 0.2) is 51.3 Å². The molecule has 0 bridgehead atoms. The number of rotatable bonds is 8. The lowest BCUT2D eigenvalue weighted by Crippen LogP contribution is -2.41. The zero-order valence-electron chi connectivity index (χ0n) is 13.6. The molecule has 0 saturated heterocycles. The van der Waals surface area contributed by atoms with Crippen LogP contribution in [0.3, 0.4) is 0 Å². The molecule has 0 aromatic heterocycles. The first-order valence-corrected chi connectivity index (χ1v) is 9.86. The molecule has 1 aromatic carbocycles. The second-order valence-corrected chi connectivity index (χ2v) is 8.12. The first kappa shape index (κ1) is 19.7. The molecule has 1 rings (SSSR count). The summed E-state index contributed by atoms with van der Waals surface area (Å²) in [6.07, 6.45) is 3.81. The topological polar surface area (TPSA) is 61.8 Å². The standard InChI is InChI=1S/C16H24BrN3O2S/c1-4-5-6-12-20(3)16(18-2)19-11-13-23(21,22)15-9-7-14(17)8-10-15/h4,7-10H,1,5-6,11-13H2,2-3H3,(H,18,19). The van der Waals surface area contributed by atoms with E-state index < -0.39 is 9.84 Å².